The molecular formula is C4H3N3O2. The van der Waals surface area contributed by atoms with E-state index < -0.39 is 0 Å². The molecule has 5 heteroatoms. The number of nitrogens with one attached hydrogen (secondary N) is 1. The molecule has 0 unspecified atom stereocenters. The summed E-state index contributed by atoms with van der Waals surface area (Å²) in [6.45, 7) is 0. The van der Waals surface area contributed by atoms with Gasteiger partial charge in [0.05, 0.1) is 0 Å². The van der Waals surface area contributed by atoms with Gasteiger partial charge in [-0.3, -0.25) is 15.2 Å². The quantitative estimate of drug-likeness (QED) is 0.453. The molecule has 1 N–H and O–H groups in total. The highest BCUT2D eigenvalue weighted by Crippen LogP contribution is 2.11. The molecule has 0 aliphatic carbocycles. The molecule has 0 aromatic rings. The van der Waals surface area contributed by atoms with Gasteiger partial charge in [-0.1, -0.05) is 0 Å². The number of rotatable bonds is 0. The van der Waals surface area contributed by atoms with Gasteiger partial charge >= 0.3 is 5.90 Å². The number of hydrogen-bond acceptors (Lipinski definition) is 5. The lowest BCUT2D eigenvalue weighted by Crippen LogP contribution is -2.14. The van der Waals surface area contributed by atoms with Gasteiger partial charge in [-0.2, -0.15) is 0 Å². The molecule has 2 aliphatic heterocycles. The van der Waals surface area contributed by atoms with Gasteiger partial charge in [0, 0.05) is 0 Å². The predicted molar refractivity (Wildman–Crippen MR) is 29.3 cm³/mol. The van der Waals surface area contributed by atoms with Crippen LogP contribution in [0.15, 0.2) is 22.1 Å². The molecule has 0 saturated carbocycles. The van der Waals surface area contributed by atoms with Crippen LogP contribution in [0.25, 0.3) is 0 Å². The highest BCUT2D eigenvalue weighted by atomic mass is 17.2. The van der Waals surface area contributed by atoms with Gasteiger partial charge in [0.15, 0.2) is 12.0 Å². The van der Waals surface area contributed by atoms with Gasteiger partial charge in [-0.15, -0.1) is 5.10 Å². The van der Waals surface area contributed by atoms with Crippen LogP contribution in [0.2, 0.25) is 0 Å². The van der Waals surface area contributed by atoms with Crippen LogP contribution in [-0.2, 0) is 9.78 Å². The second kappa shape index (κ2) is 1.48. The van der Waals surface area contributed by atoms with Crippen molar-refractivity contribution < 1.29 is 9.78 Å². The van der Waals surface area contributed by atoms with Gasteiger partial charge in [-0.05, 0) is 0 Å². The van der Waals surface area contributed by atoms with Crippen LogP contribution in [0.4, 0.5) is 0 Å². The fraction of sp³-hybridized carbons (Fsp3) is 0. The zero-order valence-corrected chi connectivity index (χ0v) is 4.37. The maximum absolute atomic E-state index is 4.54. The van der Waals surface area contributed by atoms with Crippen molar-refractivity contribution in [2.75, 3.05) is 0 Å². The molecule has 0 aromatic carbocycles. The monoisotopic (exact) mass is 125 g/mol. The smallest absolute Gasteiger partial charge is 0.294 e. The normalized spacial score (nSPS) is 20.4. The summed E-state index contributed by atoms with van der Waals surface area (Å²) in [5.74, 6) is 0.373. The molecule has 0 bridgehead atoms. The van der Waals surface area contributed by atoms with Crippen LogP contribution >= 0.6 is 0 Å². The SMILES string of the molecule is C1=NC2=COOC2=NN1. The number of fused-ring (bicyclic) bond motifs is 1. The molecule has 2 aliphatic rings. The maximum atomic E-state index is 4.54. The van der Waals surface area contributed by atoms with Crippen LogP contribution in [0.5, 0.6) is 0 Å². The van der Waals surface area contributed by atoms with Crippen LogP contribution in [0, 0.1) is 0 Å². The Morgan fingerprint density at radius 3 is 3.44 bits per heavy atom. The van der Waals surface area contributed by atoms with E-state index in [-0.39, 0.29) is 0 Å². The van der Waals surface area contributed by atoms with Gasteiger partial charge < -0.3 is 0 Å². The second-order valence-electron chi connectivity index (χ2n) is 1.49. The number of hydrazone groups is 1. The van der Waals surface area contributed by atoms with Crippen molar-refractivity contribution in [3.05, 3.63) is 12.0 Å². The van der Waals surface area contributed by atoms with E-state index >= 15 is 0 Å². The Morgan fingerprint density at radius 2 is 2.56 bits per heavy atom. The Hall–Kier alpha value is -1.52. The first-order valence-electron chi connectivity index (χ1n) is 2.36. The average Bonchev–Trinajstić information content (AvgIpc) is 2.33. The fourth-order valence-electron chi connectivity index (χ4n) is 0.556. The standard InChI is InChI=1S/C4H3N3O2/c1-3-4(9-8-1)7-6-2-5-3/h1-2H,(H,5,6). The molecule has 5 nitrogen and oxygen atoms in total. The van der Waals surface area contributed by atoms with Crippen molar-refractivity contribution >= 4 is 12.2 Å². The molecular weight excluding hydrogens is 122 g/mol. The average molecular weight is 125 g/mol. The first kappa shape index (κ1) is 4.37. The van der Waals surface area contributed by atoms with E-state index in [4.69, 9.17) is 0 Å². The molecule has 0 fully saturated rings. The van der Waals surface area contributed by atoms with Gasteiger partial charge in [0.2, 0.25) is 0 Å². The zero-order chi connectivity index (χ0) is 6.10. The minimum atomic E-state index is 0.373. The Kier molecular flexibility index (Phi) is 0.717. The van der Waals surface area contributed by atoms with Crippen molar-refractivity contribution in [3.8, 4) is 0 Å². The fourth-order valence-corrected chi connectivity index (χ4v) is 0.556. The van der Waals surface area contributed by atoms with E-state index in [0.29, 0.717) is 11.6 Å². The molecule has 0 saturated heterocycles. The molecule has 46 valence electrons. The van der Waals surface area contributed by atoms with Gasteiger partial charge in [0.1, 0.15) is 6.34 Å². The van der Waals surface area contributed by atoms with E-state index in [1.54, 1.807) is 0 Å². The summed E-state index contributed by atoms with van der Waals surface area (Å²) in [5, 5.41) is 3.69. The summed E-state index contributed by atoms with van der Waals surface area (Å²) < 4.78 is 0. The lowest BCUT2D eigenvalue weighted by Gasteiger charge is -1.98. The molecule has 0 amide bonds. The maximum Gasteiger partial charge on any atom is 0.315 e. The molecule has 9 heavy (non-hydrogen) atoms. The Morgan fingerprint density at radius 1 is 1.56 bits per heavy atom. The first-order chi connectivity index (χ1) is 4.47. The molecule has 0 atom stereocenters. The Bertz CT molecular complexity index is 218. The summed E-state index contributed by atoms with van der Waals surface area (Å²) in [5.41, 5.74) is 3.11. The van der Waals surface area contributed by atoms with Crippen LogP contribution in [0.1, 0.15) is 0 Å². The molecule has 2 heterocycles. The highest BCUT2D eigenvalue weighted by molar-refractivity contribution is 5.96. The van der Waals surface area contributed by atoms with Crippen molar-refractivity contribution in [1.82, 2.24) is 5.43 Å². The van der Waals surface area contributed by atoms with Crippen molar-refractivity contribution in [3.63, 3.8) is 0 Å². The summed E-state index contributed by atoms with van der Waals surface area (Å²) in [4.78, 5) is 12.8. The van der Waals surface area contributed by atoms with Crippen molar-refractivity contribution in [2.45, 2.75) is 0 Å². The molecule has 2 rings (SSSR count). The summed E-state index contributed by atoms with van der Waals surface area (Å²) in [6, 6.07) is 0. The Balaban J connectivity index is 2.37. The lowest BCUT2D eigenvalue weighted by molar-refractivity contribution is -0.153. The van der Waals surface area contributed by atoms with E-state index in [9.17, 15) is 0 Å². The molecule has 0 radical (unpaired) electrons. The number of nitrogens with zero attached hydrogens (tertiary/aromatic N) is 2. The van der Waals surface area contributed by atoms with E-state index in [0.717, 1.165) is 0 Å². The molecule has 0 spiro atoms. The topological polar surface area (TPSA) is 55.2 Å². The third-order valence-corrected chi connectivity index (χ3v) is 0.933. The van der Waals surface area contributed by atoms with Crippen LogP contribution in [0.3, 0.4) is 0 Å². The predicted octanol–water partition coefficient (Wildman–Crippen LogP) is -0.265. The Labute approximate surface area is 50.6 Å². The molecule has 0 aromatic heterocycles. The van der Waals surface area contributed by atoms with E-state index in [1.807, 2.05) is 0 Å². The third-order valence-electron chi connectivity index (χ3n) is 0.933. The van der Waals surface area contributed by atoms with Crippen LogP contribution < -0.4 is 5.43 Å². The van der Waals surface area contributed by atoms with Crippen molar-refractivity contribution in [1.29, 1.82) is 0 Å². The first-order valence-corrected chi connectivity index (χ1v) is 2.36. The number of hydrogen-bond donors (Lipinski definition) is 1. The minimum absolute atomic E-state index is 0.373. The highest BCUT2D eigenvalue weighted by Gasteiger charge is 2.18. The lowest BCUT2D eigenvalue weighted by atomic mass is 10.5. The van der Waals surface area contributed by atoms with E-state index in [2.05, 4.69) is 25.3 Å². The van der Waals surface area contributed by atoms with E-state index in [1.165, 1.54) is 12.6 Å². The van der Waals surface area contributed by atoms with Gasteiger partial charge in [-0.25, -0.2) is 4.99 Å². The largest absolute Gasteiger partial charge is 0.315 e. The zero-order valence-electron chi connectivity index (χ0n) is 4.37. The minimum Gasteiger partial charge on any atom is -0.294 e. The summed E-state index contributed by atoms with van der Waals surface area (Å²) in [6.07, 6.45) is 2.84. The van der Waals surface area contributed by atoms with Crippen molar-refractivity contribution in [2.24, 2.45) is 10.1 Å². The summed E-state index contributed by atoms with van der Waals surface area (Å²) >= 11 is 0. The van der Waals surface area contributed by atoms with Crippen LogP contribution in [-0.4, -0.2) is 12.2 Å². The summed E-state index contributed by atoms with van der Waals surface area (Å²) in [7, 11) is 0. The second-order valence-corrected chi connectivity index (χ2v) is 1.49. The van der Waals surface area contributed by atoms with Gasteiger partial charge in [0.25, 0.3) is 0 Å². The third kappa shape index (κ3) is 0.543. The number of aliphatic imine (C=N–C) groups is 1.